The van der Waals surface area contributed by atoms with E-state index in [1.54, 1.807) is 0 Å². The first-order valence-electron chi connectivity index (χ1n) is 7.64. The molecule has 1 atom stereocenters. The maximum Gasteiger partial charge on any atom is 0.0588 e. The van der Waals surface area contributed by atoms with Crippen LogP contribution >= 0.6 is 0 Å². The maximum atomic E-state index is 3.72. The Hall–Kier alpha value is -2.12. The van der Waals surface area contributed by atoms with E-state index in [0.29, 0.717) is 6.04 Å². The number of hydrogen-bond acceptors (Lipinski definition) is 1. The summed E-state index contributed by atoms with van der Waals surface area (Å²) in [6.45, 7) is 3.27. The Bertz CT molecular complexity index is 804. The third kappa shape index (κ3) is 2.05. The van der Waals surface area contributed by atoms with E-state index in [-0.39, 0.29) is 0 Å². The fourth-order valence-electron chi connectivity index (χ4n) is 3.55. The summed E-state index contributed by atoms with van der Waals surface area (Å²) in [7, 11) is 0. The molecule has 104 valence electrons. The van der Waals surface area contributed by atoms with E-state index < -0.39 is 0 Å². The zero-order valence-corrected chi connectivity index (χ0v) is 12.3. The molecule has 1 nitrogen and oxygen atoms in total. The third-order valence-electron chi connectivity index (χ3n) is 4.59. The smallest absolute Gasteiger partial charge is 0.0588 e. The molecule has 0 saturated heterocycles. The summed E-state index contributed by atoms with van der Waals surface area (Å²) in [4.78, 5) is 0. The normalized spacial score (nSPS) is 17.7. The predicted octanol–water partition coefficient (Wildman–Crippen LogP) is 4.38. The van der Waals surface area contributed by atoms with E-state index in [1.165, 1.54) is 33.0 Å². The van der Waals surface area contributed by atoms with E-state index in [4.69, 9.17) is 0 Å². The van der Waals surface area contributed by atoms with E-state index >= 15 is 0 Å². The molecule has 4 rings (SSSR count). The van der Waals surface area contributed by atoms with Crippen molar-refractivity contribution in [1.29, 1.82) is 0 Å². The first-order valence-corrected chi connectivity index (χ1v) is 7.64. The van der Waals surface area contributed by atoms with Gasteiger partial charge in [0.2, 0.25) is 0 Å². The Morgan fingerprint density at radius 2 is 1.71 bits per heavy atom. The van der Waals surface area contributed by atoms with Gasteiger partial charge in [0, 0.05) is 6.54 Å². The Morgan fingerprint density at radius 1 is 0.905 bits per heavy atom. The predicted molar refractivity (Wildman–Crippen MR) is 88.7 cm³/mol. The Labute approximate surface area is 125 Å². The average molecular weight is 273 g/mol. The summed E-state index contributed by atoms with van der Waals surface area (Å²) in [5, 5.41) is 6.41. The molecular weight excluding hydrogens is 254 g/mol. The highest BCUT2D eigenvalue weighted by Gasteiger charge is 2.23. The van der Waals surface area contributed by atoms with Gasteiger partial charge in [0.05, 0.1) is 6.04 Å². The van der Waals surface area contributed by atoms with Crippen LogP contribution in [0.5, 0.6) is 0 Å². The van der Waals surface area contributed by atoms with Crippen molar-refractivity contribution in [3.63, 3.8) is 0 Å². The molecule has 1 aliphatic heterocycles. The number of benzene rings is 3. The molecule has 1 heterocycles. The van der Waals surface area contributed by atoms with Gasteiger partial charge in [-0.3, -0.25) is 0 Å². The van der Waals surface area contributed by atoms with Crippen molar-refractivity contribution >= 4 is 10.8 Å². The summed E-state index contributed by atoms with van der Waals surface area (Å²) in [6.07, 6.45) is 1.12. The number of aryl methyl sites for hydroxylation is 1. The van der Waals surface area contributed by atoms with E-state index in [1.807, 2.05) is 0 Å². The second-order valence-electron chi connectivity index (χ2n) is 5.85. The Kier molecular flexibility index (Phi) is 3.01. The molecule has 1 heteroatoms. The Balaban J connectivity index is 1.98. The van der Waals surface area contributed by atoms with Crippen LogP contribution in [0.2, 0.25) is 0 Å². The van der Waals surface area contributed by atoms with Crippen LogP contribution in [-0.4, -0.2) is 6.54 Å². The van der Waals surface area contributed by atoms with Crippen molar-refractivity contribution in [2.45, 2.75) is 19.4 Å². The van der Waals surface area contributed by atoms with Crippen molar-refractivity contribution < 1.29 is 0 Å². The number of rotatable bonds is 1. The molecule has 1 N–H and O–H groups in total. The van der Waals surface area contributed by atoms with Gasteiger partial charge < -0.3 is 5.32 Å². The zero-order chi connectivity index (χ0) is 14.2. The minimum absolute atomic E-state index is 0.307. The minimum atomic E-state index is 0.307. The molecule has 0 saturated carbocycles. The van der Waals surface area contributed by atoms with Crippen LogP contribution in [0.15, 0.2) is 60.7 Å². The minimum Gasteiger partial charge on any atom is -0.306 e. The van der Waals surface area contributed by atoms with Gasteiger partial charge in [-0.1, -0.05) is 60.7 Å². The average Bonchev–Trinajstić information content (AvgIpc) is 2.54. The SMILES string of the molecule is Cc1ccc2ccccc2c1C1NCCc2ccccc21. The molecule has 0 spiro atoms. The van der Waals surface area contributed by atoms with Gasteiger partial charge in [-0.25, -0.2) is 0 Å². The molecule has 3 aromatic rings. The van der Waals surface area contributed by atoms with Gasteiger partial charge in [0.15, 0.2) is 0 Å². The van der Waals surface area contributed by atoms with E-state index in [0.717, 1.165) is 13.0 Å². The second kappa shape index (κ2) is 5.01. The maximum absolute atomic E-state index is 3.72. The first kappa shape index (κ1) is 12.6. The summed E-state index contributed by atoms with van der Waals surface area (Å²) < 4.78 is 0. The molecule has 0 radical (unpaired) electrons. The van der Waals surface area contributed by atoms with Crippen LogP contribution in [0.4, 0.5) is 0 Å². The molecule has 3 aromatic carbocycles. The molecule has 1 unspecified atom stereocenters. The molecule has 0 fully saturated rings. The molecule has 0 amide bonds. The van der Waals surface area contributed by atoms with Crippen LogP contribution in [0, 0.1) is 6.92 Å². The van der Waals surface area contributed by atoms with Gasteiger partial charge in [0.1, 0.15) is 0 Å². The van der Waals surface area contributed by atoms with E-state index in [2.05, 4.69) is 72.9 Å². The number of nitrogens with one attached hydrogen (secondary N) is 1. The summed E-state index contributed by atoms with van der Waals surface area (Å²) in [5.41, 5.74) is 5.71. The van der Waals surface area contributed by atoms with Crippen molar-refractivity contribution in [3.8, 4) is 0 Å². The lowest BCUT2D eigenvalue weighted by atomic mass is 9.85. The van der Waals surface area contributed by atoms with Gasteiger partial charge in [-0.05, 0) is 46.4 Å². The lowest BCUT2D eigenvalue weighted by molar-refractivity contribution is 0.569. The van der Waals surface area contributed by atoms with E-state index in [9.17, 15) is 0 Å². The monoisotopic (exact) mass is 273 g/mol. The lowest BCUT2D eigenvalue weighted by Gasteiger charge is -2.29. The number of hydrogen-bond donors (Lipinski definition) is 1. The largest absolute Gasteiger partial charge is 0.306 e. The highest BCUT2D eigenvalue weighted by Crippen LogP contribution is 2.35. The summed E-state index contributed by atoms with van der Waals surface area (Å²) >= 11 is 0. The first-order chi connectivity index (χ1) is 10.3. The molecule has 0 aliphatic carbocycles. The molecule has 21 heavy (non-hydrogen) atoms. The van der Waals surface area contributed by atoms with Gasteiger partial charge >= 0.3 is 0 Å². The van der Waals surface area contributed by atoms with Crippen LogP contribution in [0.3, 0.4) is 0 Å². The van der Waals surface area contributed by atoms with Crippen LogP contribution < -0.4 is 5.32 Å². The quantitative estimate of drug-likeness (QED) is 0.693. The van der Waals surface area contributed by atoms with Gasteiger partial charge in [-0.2, -0.15) is 0 Å². The van der Waals surface area contributed by atoms with Gasteiger partial charge in [0.25, 0.3) is 0 Å². The fraction of sp³-hybridized carbons (Fsp3) is 0.200. The lowest BCUT2D eigenvalue weighted by Crippen LogP contribution is -2.31. The zero-order valence-electron chi connectivity index (χ0n) is 12.3. The van der Waals surface area contributed by atoms with Gasteiger partial charge in [-0.15, -0.1) is 0 Å². The standard InChI is InChI=1S/C20H19N/c1-14-10-11-15-6-2-4-8-17(15)19(14)20-18-9-5-3-7-16(18)12-13-21-20/h2-11,20-21H,12-13H2,1H3. The summed E-state index contributed by atoms with van der Waals surface area (Å²) in [5.74, 6) is 0. The van der Waals surface area contributed by atoms with Crippen LogP contribution in [0.25, 0.3) is 10.8 Å². The highest BCUT2D eigenvalue weighted by molar-refractivity contribution is 5.87. The Morgan fingerprint density at radius 3 is 2.67 bits per heavy atom. The van der Waals surface area contributed by atoms with Crippen LogP contribution in [0.1, 0.15) is 28.3 Å². The fourth-order valence-corrected chi connectivity index (χ4v) is 3.55. The van der Waals surface area contributed by atoms with Crippen molar-refractivity contribution in [1.82, 2.24) is 5.32 Å². The highest BCUT2D eigenvalue weighted by atomic mass is 14.9. The van der Waals surface area contributed by atoms with Crippen molar-refractivity contribution in [2.75, 3.05) is 6.54 Å². The topological polar surface area (TPSA) is 12.0 Å². The molecule has 1 aliphatic rings. The van der Waals surface area contributed by atoms with Crippen molar-refractivity contribution in [3.05, 3.63) is 82.9 Å². The number of fused-ring (bicyclic) bond motifs is 2. The van der Waals surface area contributed by atoms with Crippen LogP contribution in [-0.2, 0) is 6.42 Å². The second-order valence-corrected chi connectivity index (χ2v) is 5.85. The molecule has 0 bridgehead atoms. The van der Waals surface area contributed by atoms with Crippen molar-refractivity contribution in [2.24, 2.45) is 0 Å². The molecular formula is C20H19N. The molecule has 0 aromatic heterocycles. The summed E-state index contributed by atoms with van der Waals surface area (Å²) in [6, 6.07) is 22.3. The third-order valence-corrected chi connectivity index (χ3v) is 4.59.